The molecule has 0 radical (unpaired) electrons. The first kappa shape index (κ1) is 12.3. The third-order valence-corrected chi connectivity index (χ3v) is 3.08. The van der Waals surface area contributed by atoms with Gasteiger partial charge in [-0.15, -0.1) is 0 Å². The van der Waals surface area contributed by atoms with E-state index in [4.69, 9.17) is 0 Å². The molecule has 2 rings (SSSR count). The second-order valence-corrected chi connectivity index (χ2v) is 4.98. The zero-order valence-electron chi connectivity index (χ0n) is 11.0. The van der Waals surface area contributed by atoms with Crippen molar-refractivity contribution < 1.29 is 0 Å². The molecule has 1 fully saturated rings. The van der Waals surface area contributed by atoms with Crippen LogP contribution in [0.4, 0.5) is 5.95 Å². The van der Waals surface area contributed by atoms with Crippen molar-refractivity contribution in [1.29, 1.82) is 0 Å². The van der Waals surface area contributed by atoms with Gasteiger partial charge in [-0.1, -0.05) is 13.8 Å². The van der Waals surface area contributed by atoms with E-state index in [-0.39, 0.29) is 0 Å². The molecule has 0 saturated carbocycles. The van der Waals surface area contributed by atoms with Crippen LogP contribution in [0.25, 0.3) is 0 Å². The number of nitrogens with zero attached hydrogens (tertiary/aromatic N) is 3. The number of nitrogens with one attached hydrogen (secondary N) is 1. The van der Waals surface area contributed by atoms with E-state index in [2.05, 4.69) is 40.1 Å². The quantitative estimate of drug-likeness (QED) is 0.846. The smallest absolute Gasteiger partial charge is 0.225 e. The van der Waals surface area contributed by atoms with Crippen LogP contribution in [0.2, 0.25) is 0 Å². The van der Waals surface area contributed by atoms with Crippen LogP contribution < -0.4 is 10.2 Å². The number of hydrogen-bond acceptors (Lipinski definition) is 4. The van der Waals surface area contributed by atoms with Gasteiger partial charge < -0.3 is 10.2 Å². The van der Waals surface area contributed by atoms with E-state index in [1.807, 2.05) is 6.92 Å². The summed E-state index contributed by atoms with van der Waals surface area (Å²) in [6, 6.07) is 2.09. The lowest BCUT2D eigenvalue weighted by molar-refractivity contribution is 0.724. The normalized spacial score (nSPS) is 17.3. The molecule has 1 aromatic heterocycles. The summed E-state index contributed by atoms with van der Waals surface area (Å²) in [6.07, 6.45) is 1.16. The highest BCUT2D eigenvalue weighted by Crippen LogP contribution is 2.17. The fourth-order valence-electron chi connectivity index (χ4n) is 2.06. The second kappa shape index (κ2) is 5.45. The predicted octanol–water partition coefficient (Wildman–Crippen LogP) is 1.71. The molecule has 1 aliphatic rings. The van der Waals surface area contributed by atoms with Crippen molar-refractivity contribution in [3.63, 3.8) is 0 Å². The number of anilines is 1. The van der Waals surface area contributed by atoms with Gasteiger partial charge in [0.15, 0.2) is 0 Å². The standard InChI is InChI=1S/C13H22N4/c1-10(2)12-9-11(3)15-13(16-12)17-7-4-5-14-6-8-17/h9-10,14H,4-8H2,1-3H3. The maximum atomic E-state index is 4.69. The van der Waals surface area contributed by atoms with Gasteiger partial charge in [-0.3, -0.25) is 0 Å². The highest BCUT2D eigenvalue weighted by Gasteiger charge is 2.14. The molecular weight excluding hydrogens is 212 g/mol. The van der Waals surface area contributed by atoms with Crippen LogP contribution in [0.15, 0.2) is 6.07 Å². The molecule has 4 nitrogen and oxygen atoms in total. The fourth-order valence-corrected chi connectivity index (χ4v) is 2.06. The number of aromatic nitrogens is 2. The largest absolute Gasteiger partial charge is 0.339 e. The maximum absolute atomic E-state index is 4.69. The maximum Gasteiger partial charge on any atom is 0.225 e. The van der Waals surface area contributed by atoms with Crippen LogP contribution in [0.5, 0.6) is 0 Å². The summed E-state index contributed by atoms with van der Waals surface area (Å²) >= 11 is 0. The minimum atomic E-state index is 0.459. The van der Waals surface area contributed by atoms with E-state index in [1.165, 1.54) is 0 Å². The van der Waals surface area contributed by atoms with Crippen molar-refractivity contribution in [2.24, 2.45) is 0 Å². The lowest BCUT2D eigenvalue weighted by Gasteiger charge is -2.21. The molecule has 0 spiro atoms. The molecule has 0 bridgehead atoms. The number of hydrogen-bond donors (Lipinski definition) is 1. The minimum Gasteiger partial charge on any atom is -0.339 e. The number of aryl methyl sites for hydroxylation is 1. The fraction of sp³-hybridized carbons (Fsp3) is 0.692. The summed E-state index contributed by atoms with van der Waals surface area (Å²) in [5.74, 6) is 1.36. The van der Waals surface area contributed by atoms with Gasteiger partial charge in [-0.25, -0.2) is 9.97 Å². The van der Waals surface area contributed by atoms with Gasteiger partial charge in [0.2, 0.25) is 5.95 Å². The second-order valence-electron chi connectivity index (χ2n) is 4.98. The Morgan fingerprint density at radius 2 is 2.06 bits per heavy atom. The zero-order valence-corrected chi connectivity index (χ0v) is 11.0. The summed E-state index contributed by atoms with van der Waals surface area (Å²) in [6.45, 7) is 10.6. The molecule has 0 atom stereocenters. The van der Waals surface area contributed by atoms with Crippen LogP contribution in [-0.2, 0) is 0 Å². The zero-order chi connectivity index (χ0) is 12.3. The Labute approximate surface area is 103 Å². The summed E-state index contributed by atoms with van der Waals surface area (Å²) in [5.41, 5.74) is 2.21. The predicted molar refractivity (Wildman–Crippen MR) is 70.6 cm³/mol. The van der Waals surface area contributed by atoms with Gasteiger partial charge in [0.25, 0.3) is 0 Å². The van der Waals surface area contributed by atoms with Gasteiger partial charge in [-0.05, 0) is 31.9 Å². The van der Waals surface area contributed by atoms with Gasteiger partial charge in [0.1, 0.15) is 0 Å². The van der Waals surface area contributed by atoms with Gasteiger partial charge in [-0.2, -0.15) is 0 Å². The first-order valence-electron chi connectivity index (χ1n) is 6.48. The van der Waals surface area contributed by atoms with E-state index in [1.54, 1.807) is 0 Å². The van der Waals surface area contributed by atoms with Crippen LogP contribution >= 0.6 is 0 Å². The molecule has 1 saturated heterocycles. The number of rotatable bonds is 2. The average Bonchev–Trinajstić information content (AvgIpc) is 2.56. The first-order chi connectivity index (χ1) is 8.16. The third-order valence-electron chi connectivity index (χ3n) is 3.08. The molecule has 17 heavy (non-hydrogen) atoms. The summed E-state index contributed by atoms with van der Waals surface area (Å²) < 4.78 is 0. The third kappa shape index (κ3) is 3.16. The molecule has 2 heterocycles. The molecule has 1 aromatic rings. The molecule has 0 aliphatic carbocycles. The lowest BCUT2D eigenvalue weighted by Crippen LogP contribution is -2.29. The average molecular weight is 234 g/mol. The topological polar surface area (TPSA) is 41.1 Å². The molecular formula is C13H22N4. The van der Waals surface area contributed by atoms with Crippen molar-refractivity contribution in [3.05, 3.63) is 17.5 Å². The van der Waals surface area contributed by atoms with E-state index in [0.29, 0.717) is 5.92 Å². The van der Waals surface area contributed by atoms with Crippen molar-refractivity contribution >= 4 is 5.95 Å². The van der Waals surface area contributed by atoms with Crippen LogP contribution in [0.1, 0.15) is 37.6 Å². The first-order valence-corrected chi connectivity index (χ1v) is 6.48. The Morgan fingerprint density at radius 3 is 2.82 bits per heavy atom. The molecule has 1 aliphatic heterocycles. The highest BCUT2D eigenvalue weighted by atomic mass is 15.3. The van der Waals surface area contributed by atoms with Gasteiger partial charge in [0, 0.05) is 31.0 Å². The Hall–Kier alpha value is -1.16. The van der Waals surface area contributed by atoms with Crippen molar-refractivity contribution in [1.82, 2.24) is 15.3 Å². The van der Waals surface area contributed by atoms with Gasteiger partial charge in [0.05, 0.1) is 0 Å². The molecule has 1 N–H and O–H groups in total. The van der Waals surface area contributed by atoms with Crippen molar-refractivity contribution in [2.45, 2.75) is 33.1 Å². The Balaban J connectivity index is 2.23. The molecule has 4 heteroatoms. The molecule has 94 valence electrons. The summed E-state index contributed by atoms with van der Waals surface area (Å²) in [5, 5.41) is 3.40. The minimum absolute atomic E-state index is 0.459. The molecule has 0 aromatic carbocycles. The monoisotopic (exact) mass is 234 g/mol. The lowest BCUT2D eigenvalue weighted by atomic mass is 10.1. The molecule has 0 amide bonds. The SMILES string of the molecule is Cc1cc(C(C)C)nc(N2CCCNCC2)n1. The Morgan fingerprint density at radius 1 is 1.24 bits per heavy atom. The Kier molecular flexibility index (Phi) is 3.94. The highest BCUT2D eigenvalue weighted by molar-refractivity contribution is 5.33. The van der Waals surface area contributed by atoms with Crippen LogP contribution in [0.3, 0.4) is 0 Å². The van der Waals surface area contributed by atoms with E-state index >= 15 is 0 Å². The van der Waals surface area contributed by atoms with Crippen LogP contribution in [-0.4, -0.2) is 36.1 Å². The van der Waals surface area contributed by atoms with E-state index in [0.717, 1.165) is 49.9 Å². The summed E-state index contributed by atoms with van der Waals surface area (Å²) in [4.78, 5) is 11.5. The van der Waals surface area contributed by atoms with E-state index in [9.17, 15) is 0 Å². The summed E-state index contributed by atoms with van der Waals surface area (Å²) in [7, 11) is 0. The Bertz CT molecular complexity index is 368. The van der Waals surface area contributed by atoms with Crippen molar-refractivity contribution in [2.75, 3.05) is 31.1 Å². The van der Waals surface area contributed by atoms with Crippen molar-refractivity contribution in [3.8, 4) is 0 Å². The van der Waals surface area contributed by atoms with Crippen LogP contribution in [0, 0.1) is 6.92 Å². The van der Waals surface area contributed by atoms with E-state index < -0.39 is 0 Å². The molecule has 0 unspecified atom stereocenters. The van der Waals surface area contributed by atoms with Gasteiger partial charge >= 0.3 is 0 Å².